The van der Waals surface area contributed by atoms with Crippen LogP contribution in [0.2, 0.25) is 0 Å². The lowest BCUT2D eigenvalue weighted by atomic mass is 9.97. The molecule has 1 aromatic carbocycles. The lowest BCUT2D eigenvalue weighted by molar-refractivity contribution is -0.125. The molecule has 1 aliphatic heterocycles. The highest BCUT2D eigenvalue weighted by Crippen LogP contribution is 2.29. The van der Waals surface area contributed by atoms with Gasteiger partial charge in [-0.05, 0) is 56.9 Å². The minimum Gasteiger partial charge on any atom is -0.356 e. The van der Waals surface area contributed by atoms with E-state index in [1.165, 1.54) is 22.2 Å². The molecule has 4 rings (SSSR count). The van der Waals surface area contributed by atoms with Gasteiger partial charge in [0.2, 0.25) is 11.8 Å². The monoisotopic (exact) mass is 468 g/mol. The fourth-order valence-electron chi connectivity index (χ4n) is 3.94. The Morgan fingerprint density at radius 1 is 1.24 bits per heavy atom. The van der Waals surface area contributed by atoms with Crippen molar-refractivity contribution in [3.63, 3.8) is 0 Å². The number of carbonyl (C=O) groups excluding carboxylic acids is 2. The number of aromatic nitrogens is 3. The summed E-state index contributed by atoms with van der Waals surface area (Å²) in [6.45, 7) is 7.72. The predicted molar refractivity (Wildman–Crippen MR) is 130 cm³/mol. The quantitative estimate of drug-likeness (QED) is 0.575. The zero-order valence-corrected chi connectivity index (χ0v) is 19.9. The van der Waals surface area contributed by atoms with Gasteiger partial charge in [0.05, 0.1) is 5.92 Å². The Balaban J connectivity index is 1.50. The Morgan fingerprint density at radius 3 is 2.82 bits per heavy atom. The third-order valence-corrected chi connectivity index (χ3v) is 6.98. The minimum absolute atomic E-state index is 0.0542. The number of anilines is 2. The number of rotatable bonds is 6. The molecule has 1 fully saturated rings. The number of nitrogens with zero attached hydrogens (tertiary/aromatic N) is 4. The molecule has 1 atom stereocenters. The summed E-state index contributed by atoms with van der Waals surface area (Å²) in [6, 6.07) is 5.69. The summed E-state index contributed by atoms with van der Waals surface area (Å²) in [5, 5.41) is 6.40. The van der Waals surface area contributed by atoms with Crippen molar-refractivity contribution < 1.29 is 9.59 Å². The van der Waals surface area contributed by atoms with Gasteiger partial charge in [-0.25, -0.2) is 4.98 Å². The Kier molecular flexibility index (Phi) is 6.73. The summed E-state index contributed by atoms with van der Waals surface area (Å²) in [5.74, 6) is -0.338. The van der Waals surface area contributed by atoms with Crippen molar-refractivity contribution in [3.05, 3.63) is 46.0 Å². The first-order valence-corrected chi connectivity index (χ1v) is 11.9. The Morgan fingerprint density at radius 2 is 2.06 bits per heavy atom. The van der Waals surface area contributed by atoms with E-state index in [0.29, 0.717) is 34.3 Å². The number of piperidine rings is 1. The topological polar surface area (TPSA) is 109 Å². The van der Waals surface area contributed by atoms with E-state index < -0.39 is 0 Å². The molecule has 0 bridgehead atoms. The molecule has 0 radical (unpaired) electrons. The highest BCUT2D eigenvalue weighted by atomic mass is 32.1. The Hall–Kier alpha value is -3.27. The van der Waals surface area contributed by atoms with Gasteiger partial charge in [-0.3, -0.25) is 19.0 Å². The van der Waals surface area contributed by atoms with Gasteiger partial charge in [0.25, 0.3) is 5.56 Å². The molecule has 174 valence electrons. The molecule has 2 amide bonds. The maximum absolute atomic E-state index is 13.0. The number of hydrogen-bond donors (Lipinski definition) is 2. The third-order valence-electron chi connectivity index (χ3n) is 5.89. The predicted octanol–water partition coefficient (Wildman–Crippen LogP) is 2.46. The number of aryl methyl sites for hydroxylation is 2. The Labute approximate surface area is 195 Å². The van der Waals surface area contributed by atoms with Gasteiger partial charge in [0.1, 0.15) is 17.6 Å². The van der Waals surface area contributed by atoms with Gasteiger partial charge < -0.3 is 15.5 Å². The van der Waals surface area contributed by atoms with Crippen LogP contribution in [0.5, 0.6) is 0 Å². The molecule has 3 aromatic rings. The van der Waals surface area contributed by atoms with Gasteiger partial charge in [-0.1, -0.05) is 17.4 Å². The van der Waals surface area contributed by atoms with Crippen LogP contribution in [0.4, 0.5) is 10.8 Å². The van der Waals surface area contributed by atoms with Crippen molar-refractivity contribution in [2.45, 2.75) is 40.2 Å². The fourth-order valence-corrected chi connectivity index (χ4v) is 4.94. The first-order valence-electron chi connectivity index (χ1n) is 11.1. The van der Waals surface area contributed by atoms with Gasteiger partial charge in [0, 0.05) is 25.3 Å². The average molecular weight is 469 g/mol. The van der Waals surface area contributed by atoms with Gasteiger partial charge >= 0.3 is 0 Å². The summed E-state index contributed by atoms with van der Waals surface area (Å²) in [5.41, 5.74) is 2.99. The SMILES string of the molecule is CCNC(=O)[C@@H]1CCCN(c2nc3ncn(CC(=O)Nc4ccc(C)c(C)c4)c(=O)c3s2)C1. The maximum atomic E-state index is 13.0. The van der Waals surface area contributed by atoms with Crippen LogP contribution in [0.1, 0.15) is 30.9 Å². The molecule has 0 unspecified atom stereocenters. The molecule has 2 aromatic heterocycles. The van der Waals surface area contributed by atoms with E-state index >= 15 is 0 Å². The van der Waals surface area contributed by atoms with E-state index in [2.05, 4.69) is 20.6 Å². The smallest absolute Gasteiger partial charge is 0.273 e. The second-order valence-electron chi connectivity index (χ2n) is 8.35. The van der Waals surface area contributed by atoms with Crippen LogP contribution in [0.25, 0.3) is 10.3 Å². The molecule has 33 heavy (non-hydrogen) atoms. The standard InChI is InChI=1S/C23H28N6O3S/c1-4-24-21(31)16-6-5-9-28(11-16)23-27-20-19(33-23)22(32)29(13-25-20)12-18(30)26-17-8-7-14(2)15(3)10-17/h7-8,10,13,16H,4-6,9,11-12H2,1-3H3,(H,24,31)(H,26,30)/t16-/m1/s1. The maximum Gasteiger partial charge on any atom is 0.273 e. The first kappa shape index (κ1) is 22.9. The van der Waals surface area contributed by atoms with Crippen molar-refractivity contribution in [2.75, 3.05) is 29.9 Å². The van der Waals surface area contributed by atoms with E-state index in [0.717, 1.165) is 30.5 Å². The van der Waals surface area contributed by atoms with Crippen LogP contribution in [-0.2, 0) is 16.1 Å². The highest BCUT2D eigenvalue weighted by Gasteiger charge is 2.27. The van der Waals surface area contributed by atoms with E-state index in [9.17, 15) is 14.4 Å². The molecule has 9 nitrogen and oxygen atoms in total. The van der Waals surface area contributed by atoms with Crippen LogP contribution < -0.4 is 21.1 Å². The van der Waals surface area contributed by atoms with Gasteiger partial charge in [-0.15, -0.1) is 0 Å². The molecule has 0 aliphatic carbocycles. The lowest BCUT2D eigenvalue weighted by Gasteiger charge is -2.31. The summed E-state index contributed by atoms with van der Waals surface area (Å²) >= 11 is 1.26. The second kappa shape index (κ2) is 9.70. The van der Waals surface area contributed by atoms with Crippen molar-refractivity contribution in [3.8, 4) is 0 Å². The second-order valence-corrected chi connectivity index (χ2v) is 9.33. The van der Waals surface area contributed by atoms with Crippen molar-refractivity contribution in [2.24, 2.45) is 5.92 Å². The average Bonchev–Trinajstić information content (AvgIpc) is 3.24. The zero-order valence-electron chi connectivity index (χ0n) is 19.1. The van der Waals surface area contributed by atoms with Gasteiger partial charge in [-0.2, -0.15) is 4.98 Å². The molecular weight excluding hydrogens is 440 g/mol. The summed E-state index contributed by atoms with van der Waals surface area (Å²) in [4.78, 5) is 48.7. The summed E-state index contributed by atoms with van der Waals surface area (Å²) in [7, 11) is 0. The summed E-state index contributed by atoms with van der Waals surface area (Å²) in [6.07, 6.45) is 3.09. The largest absolute Gasteiger partial charge is 0.356 e. The van der Waals surface area contributed by atoms with Crippen LogP contribution in [-0.4, -0.2) is 46.0 Å². The number of nitrogens with one attached hydrogen (secondary N) is 2. The van der Waals surface area contributed by atoms with Crippen molar-refractivity contribution >= 4 is 44.3 Å². The molecule has 0 saturated carbocycles. The molecule has 10 heteroatoms. The normalized spacial score (nSPS) is 16.1. The highest BCUT2D eigenvalue weighted by molar-refractivity contribution is 7.22. The molecule has 0 spiro atoms. The first-order chi connectivity index (χ1) is 15.9. The van der Waals surface area contributed by atoms with Crippen LogP contribution in [0.15, 0.2) is 29.3 Å². The molecule has 3 heterocycles. The fraction of sp³-hybridized carbons (Fsp3) is 0.435. The van der Waals surface area contributed by atoms with Crippen molar-refractivity contribution in [1.82, 2.24) is 19.9 Å². The number of fused-ring (bicyclic) bond motifs is 1. The van der Waals surface area contributed by atoms with Crippen molar-refractivity contribution in [1.29, 1.82) is 0 Å². The number of benzene rings is 1. The van der Waals surface area contributed by atoms with Crippen LogP contribution in [0.3, 0.4) is 0 Å². The number of thiazole rings is 1. The minimum atomic E-state index is -0.299. The third kappa shape index (κ3) is 5.05. The van der Waals surface area contributed by atoms with Gasteiger partial charge in [0.15, 0.2) is 10.8 Å². The van der Waals surface area contributed by atoms with E-state index in [1.807, 2.05) is 43.9 Å². The Bertz CT molecular complexity index is 1250. The molecule has 2 N–H and O–H groups in total. The number of amides is 2. The number of hydrogen-bond acceptors (Lipinski definition) is 7. The molecular formula is C23H28N6O3S. The van der Waals surface area contributed by atoms with E-state index in [4.69, 9.17) is 0 Å². The van der Waals surface area contributed by atoms with Crippen LogP contribution in [0, 0.1) is 19.8 Å². The van der Waals surface area contributed by atoms with E-state index in [-0.39, 0.29) is 29.8 Å². The zero-order chi connectivity index (χ0) is 23.5. The summed E-state index contributed by atoms with van der Waals surface area (Å²) < 4.78 is 1.71. The van der Waals surface area contributed by atoms with Crippen LogP contribution >= 0.6 is 11.3 Å². The molecule has 1 saturated heterocycles. The molecule has 1 aliphatic rings. The van der Waals surface area contributed by atoms with E-state index in [1.54, 1.807) is 0 Å². The lowest BCUT2D eigenvalue weighted by Crippen LogP contribution is -2.43. The number of carbonyl (C=O) groups is 2.